The summed E-state index contributed by atoms with van der Waals surface area (Å²) < 4.78 is 2.05. The molecule has 1 unspecified atom stereocenters. The van der Waals surface area contributed by atoms with Gasteiger partial charge in [0.05, 0.1) is 16.7 Å². The monoisotopic (exact) mass is 422 g/mol. The van der Waals surface area contributed by atoms with Crippen molar-refractivity contribution in [1.82, 2.24) is 20.1 Å². The molecule has 5 nitrogen and oxygen atoms in total. The van der Waals surface area contributed by atoms with E-state index in [0.29, 0.717) is 5.75 Å². The molecule has 2 heterocycles. The molecule has 0 aliphatic rings. The number of thioether (sulfide) groups is 1. The van der Waals surface area contributed by atoms with Crippen molar-refractivity contribution in [2.45, 2.75) is 31.6 Å². The molecule has 4 aromatic rings. The Morgan fingerprint density at radius 3 is 2.76 bits per heavy atom. The van der Waals surface area contributed by atoms with E-state index >= 15 is 0 Å². The Morgan fingerprint density at radius 2 is 1.97 bits per heavy atom. The predicted molar refractivity (Wildman–Crippen MR) is 120 cm³/mol. The van der Waals surface area contributed by atoms with Crippen LogP contribution in [0.4, 0.5) is 0 Å². The number of rotatable bonds is 7. The summed E-state index contributed by atoms with van der Waals surface area (Å²) in [5, 5.41) is 16.9. The Hall–Kier alpha value is -2.64. The van der Waals surface area contributed by atoms with E-state index in [1.807, 2.05) is 42.6 Å². The molecule has 148 valence electrons. The van der Waals surface area contributed by atoms with Crippen molar-refractivity contribution in [1.29, 1.82) is 0 Å². The molecule has 1 amide bonds. The quantitative estimate of drug-likeness (QED) is 0.419. The van der Waals surface area contributed by atoms with Crippen LogP contribution in [0, 0.1) is 0 Å². The molecule has 0 spiro atoms. The zero-order valence-corrected chi connectivity index (χ0v) is 18.0. The van der Waals surface area contributed by atoms with Crippen LogP contribution in [0.2, 0.25) is 0 Å². The molecule has 1 N–H and O–H groups in total. The first kappa shape index (κ1) is 19.7. The summed E-state index contributed by atoms with van der Waals surface area (Å²) in [5.41, 5.74) is 1.12. The molecule has 0 aliphatic heterocycles. The number of carbonyl (C=O) groups is 1. The van der Waals surface area contributed by atoms with E-state index in [-0.39, 0.29) is 11.9 Å². The first-order valence-electron chi connectivity index (χ1n) is 9.54. The van der Waals surface area contributed by atoms with E-state index in [2.05, 4.69) is 51.3 Å². The van der Waals surface area contributed by atoms with Crippen LogP contribution < -0.4 is 5.32 Å². The summed E-state index contributed by atoms with van der Waals surface area (Å²) >= 11 is 3.06. The minimum absolute atomic E-state index is 0.0150. The number of amides is 1. The second kappa shape index (κ2) is 8.80. The van der Waals surface area contributed by atoms with E-state index in [4.69, 9.17) is 0 Å². The standard InChI is InChI=1S/C22H22N4OS2/c1-3-26-21(19-12-7-13-28-19)24-25-22(26)29-14-20(27)23-15(2)17-11-6-9-16-8-4-5-10-18(16)17/h4-13,15H,3,14H2,1-2H3,(H,23,27). The molecule has 2 aromatic carbocycles. The largest absolute Gasteiger partial charge is 0.349 e. The summed E-state index contributed by atoms with van der Waals surface area (Å²) in [7, 11) is 0. The van der Waals surface area contributed by atoms with Gasteiger partial charge in [0.2, 0.25) is 5.91 Å². The first-order valence-corrected chi connectivity index (χ1v) is 11.4. The van der Waals surface area contributed by atoms with Gasteiger partial charge in [-0.3, -0.25) is 4.79 Å². The molecule has 0 saturated heterocycles. The molecule has 29 heavy (non-hydrogen) atoms. The van der Waals surface area contributed by atoms with Crippen LogP contribution in [0.15, 0.2) is 65.1 Å². The summed E-state index contributed by atoms with van der Waals surface area (Å²) in [6, 6.07) is 18.4. The van der Waals surface area contributed by atoms with Crippen molar-refractivity contribution in [3.05, 3.63) is 65.5 Å². The zero-order valence-electron chi connectivity index (χ0n) is 16.3. The maximum absolute atomic E-state index is 12.6. The first-order chi connectivity index (χ1) is 14.2. The molecule has 0 radical (unpaired) electrons. The number of benzene rings is 2. The van der Waals surface area contributed by atoms with Gasteiger partial charge in [0, 0.05) is 6.54 Å². The molecule has 4 rings (SSSR count). The highest BCUT2D eigenvalue weighted by Gasteiger charge is 2.17. The fourth-order valence-corrected chi connectivity index (χ4v) is 4.92. The number of carbonyl (C=O) groups excluding carboxylic acids is 1. The Kier molecular flexibility index (Phi) is 5.97. The molecule has 1 atom stereocenters. The van der Waals surface area contributed by atoms with Crippen molar-refractivity contribution in [3.8, 4) is 10.7 Å². The van der Waals surface area contributed by atoms with Crippen molar-refractivity contribution >= 4 is 39.8 Å². The fraction of sp³-hybridized carbons (Fsp3) is 0.227. The Labute approximate surface area is 178 Å². The second-order valence-electron chi connectivity index (χ2n) is 6.67. The molecule has 0 saturated carbocycles. The summed E-state index contributed by atoms with van der Waals surface area (Å²) in [5.74, 6) is 1.14. The van der Waals surface area contributed by atoms with Gasteiger partial charge in [0.15, 0.2) is 11.0 Å². The van der Waals surface area contributed by atoms with Gasteiger partial charge in [-0.25, -0.2) is 0 Å². The number of nitrogens with zero attached hydrogens (tertiary/aromatic N) is 3. The van der Waals surface area contributed by atoms with Crippen LogP contribution >= 0.6 is 23.1 Å². The smallest absolute Gasteiger partial charge is 0.230 e. The van der Waals surface area contributed by atoms with E-state index in [1.165, 1.54) is 22.5 Å². The minimum Gasteiger partial charge on any atom is -0.349 e. The summed E-state index contributed by atoms with van der Waals surface area (Å²) in [6.07, 6.45) is 0. The molecule has 0 fully saturated rings. The van der Waals surface area contributed by atoms with E-state index < -0.39 is 0 Å². The highest BCUT2D eigenvalue weighted by atomic mass is 32.2. The Bertz CT molecular complexity index is 1120. The highest BCUT2D eigenvalue weighted by molar-refractivity contribution is 7.99. The average Bonchev–Trinajstić information content (AvgIpc) is 3.41. The average molecular weight is 423 g/mol. The lowest BCUT2D eigenvalue weighted by molar-refractivity contribution is -0.119. The van der Waals surface area contributed by atoms with Gasteiger partial charge in [-0.05, 0) is 41.6 Å². The lowest BCUT2D eigenvalue weighted by Crippen LogP contribution is -2.28. The van der Waals surface area contributed by atoms with Gasteiger partial charge in [0.1, 0.15) is 0 Å². The maximum Gasteiger partial charge on any atom is 0.230 e. The number of aromatic nitrogens is 3. The highest BCUT2D eigenvalue weighted by Crippen LogP contribution is 2.28. The zero-order chi connectivity index (χ0) is 20.2. The van der Waals surface area contributed by atoms with Crippen LogP contribution in [0.1, 0.15) is 25.5 Å². The van der Waals surface area contributed by atoms with Gasteiger partial charge < -0.3 is 9.88 Å². The lowest BCUT2D eigenvalue weighted by Gasteiger charge is -2.16. The number of thiophene rings is 1. The fourth-order valence-electron chi connectivity index (χ4n) is 3.39. The molecule has 2 aromatic heterocycles. The van der Waals surface area contributed by atoms with Gasteiger partial charge >= 0.3 is 0 Å². The topological polar surface area (TPSA) is 59.8 Å². The molecular weight excluding hydrogens is 400 g/mol. The summed E-state index contributed by atoms with van der Waals surface area (Å²) in [6.45, 7) is 4.84. The van der Waals surface area contributed by atoms with Gasteiger partial charge in [0.25, 0.3) is 0 Å². The SMILES string of the molecule is CCn1c(SCC(=O)NC(C)c2cccc3ccccc23)nnc1-c1cccs1. The molecule has 7 heteroatoms. The van der Waals surface area contributed by atoms with Crippen LogP contribution in [-0.4, -0.2) is 26.4 Å². The Morgan fingerprint density at radius 1 is 1.14 bits per heavy atom. The molecular formula is C22H22N4OS2. The van der Waals surface area contributed by atoms with Crippen molar-refractivity contribution in [2.75, 3.05) is 5.75 Å². The van der Waals surface area contributed by atoms with Crippen molar-refractivity contribution in [2.24, 2.45) is 0 Å². The van der Waals surface area contributed by atoms with Crippen LogP contribution in [-0.2, 0) is 11.3 Å². The van der Waals surface area contributed by atoms with Gasteiger partial charge in [-0.1, -0.05) is 60.3 Å². The maximum atomic E-state index is 12.6. The third kappa shape index (κ3) is 4.21. The van der Waals surface area contributed by atoms with E-state index in [1.54, 1.807) is 11.3 Å². The van der Waals surface area contributed by atoms with E-state index in [9.17, 15) is 4.79 Å². The number of hydrogen-bond donors (Lipinski definition) is 1. The van der Waals surface area contributed by atoms with Crippen molar-refractivity contribution < 1.29 is 4.79 Å². The Balaban J connectivity index is 1.43. The number of hydrogen-bond acceptors (Lipinski definition) is 5. The lowest BCUT2D eigenvalue weighted by atomic mass is 10.00. The second-order valence-corrected chi connectivity index (χ2v) is 8.56. The van der Waals surface area contributed by atoms with E-state index in [0.717, 1.165) is 28.0 Å². The number of fused-ring (bicyclic) bond motifs is 1. The third-order valence-electron chi connectivity index (χ3n) is 4.77. The van der Waals surface area contributed by atoms with Gasteiger partial charge in [-0.2, -0.15) is 0 Å². The molecule has 0 aliphatic carbocycles. The summed E-state index contributed by atoms with van der Waals surface area (Å²) in [4.78, 5) is 13.7. The number of nitrogens with one attached hydrogen (secondary N) is 1. The molecule has 0 bridgehead atoms. The van der Waals surface area contributed by atoms with Crippen LogP contribution in [0.25, 0.3) is 21.5 Å². The minimum atomic E-state index is -0.0695. The predicted octanol–water partition coefficient (Wildman–Crippen LogP) is 5.15. The third-order valence-corrected chi connectivity index (χ3v) is 6.61. The van der Waals surface area contributed by atoms with Crippen LogP contribution in [0.5, 0.6) is 0 Å². The van der Waals surface area contributed by atoms with Crippen LogP contribution in [0.3, 0.4) is 0 Å². The van der Waals surface area contributed by atoms with Gasteiger partial charge in [-0.15, -0.1) is 21.5 Å². The normalized spacial score (nSPS) is 12.2. The van der Waals surface area contributed by atoms with Crippen molar-refractivity contribution in [3.63, 3.8) is 0 Å².